The van der Waals surface area contributed by atoms with Gasteiger partial charge in [0.1, 0.15) is 5.76 Å². The van der Waals surface area contributed by atoms with Crippen LogP contribution >= 0.6 is 0 Å². The lowest BCUT2D eigenvalue weighted by atomic mass is 9.91. The van der Waals surface area contributed by atoms with Crippen molar-refractivity contribution in [3.8, 4) is 0 Å². The second-order valence-electron chi connectivity index (χ2n) is 7.41. The summed E-state index contributed by atoms with van der Waals surface area (Å²) in [5.74, 6) is -1.55. The second kappa shape index (κ2) is 6.79. The third kappa shape index (κ3) is 3.09. The van der Waals surface area contributed by atoms with Crippen LogP contribution in [0.3, 0.4) is 0 Å². The third-order valence-corrected chi connectivity index (χ3v) is 7.37. The summed E-state index contributed by atoms with van der Waals surface area (Å²) < 4.78 is 42.6. The number of ether oxygens (including phenoxy) is 3. The average molecular weight is 406 g/mol. The second-order valence-corrected chi connectivity index (χ2v) is 9.45. The largest absolute Gasteiger partial charge is 0.427 e. The Morgan fingerprint density at radius 2 is 1.89 bits per heavy atom. The molecule has 1 aromatic rings. The van der Waals surface area contributed by atoms with Crippen LogP contribution in [-0.4, -0.2) is 39.1 Å². The van der Waals surface area contributed by atoms with Gasteiger partial charge in [-0.1, -0.05) is 0 Å². The number of hydrogen-bond acceptors (Lipinski definition) is 7. The van der Waals surface area contributed by atoms with Crippen molar-refractivity contribution in [1.82, 2.24) is 0 Å². The predicted octanol–water partition coefficient (Wildman–Crippen LogP) is 2.47. The minimum absolute atomic E-state index is 0.0646. The number of esters is 1. The van der Waals surface area contributed by atoms with Crippen molar-refractivity contribution >= 4 is 21.6 Å². The summed E-state index contributed by atoms with van der Waals surface area (Å²) in [7, 11) is -3.50. The fourth-order valence-electron chi connectivity index (χ4n) is 4.22. The maximum Gasteiger partial charge on any atom is 0.343 e. The highest BCUT2D eigenvalue weighted by molar-refractivity contribution is 7.91. The highest BCUT2D eigenvalue weighted by Gasteiger charge is 2.49. The van der Waals surface area contributed by atoms with E-state index in [0.29, 0.717) is 54.9 Å². The molecule has 4 rings (SSSR count). The van der Waals surface area contributed by atoms with Crippen molar-refractivity contribution in [3.63, 3.8) is 0 Å². The number of benzene rings is 1. The monoisotopic (exact) mass is 406 g/mol. The Morgan fingerprint density at radius 1 is 1.18 bits per heavy atom. The predicted molar refractivity (Wildman–Crippen MR) is 98.5 cm³/mol. The molecule has 0 amide bonds. The molecule has 0 bridgehead atoms. The molecule has 2 aliphatic heterocycles. The van der Waals surface area contributed by atoms with Crippen molar-refractivity contribution in [2.45, 2.75) is 50.2 Å². The van der Waals surface area contributed by atoms with Gasteiger partial charge in [-0.05, 0) is 37.5 Å². The summed E-state index contributed by atoms with van der Waals surface area (Å²) in [5.41, 5.74) is 1.58. The molecule has 3 aliphatic rings. The van der Waals surface area contributed by atoms with Crippen molar-refractivity contribution < 1.29 is 32.2 Å². The summed E-state index contributed by atoms with van der Waals surface area (Å²) in [6, 6.07) is 1.53. The van der Waals surface area contributed by atoms with Gasteiger partial charge in [-0.15, -0.1) is 0 Å². The van der Waals surface area contributed by atoms with Gasteiger partial charge in [-0.3, -0.25) is 4.79 Å². The Labute approximate surface area is 163 Å². The van der Waals surface area contributed by atoms with Gasteiger partial charge < -0.3 is 14.2 Å². The molecule has 0 N–H and O–H groups in total. The van der Waals surface area contributed by atoms with Gasteiger partial charge in [-0.2, -0.15) is 0 Å². The Morgan fingerprint density at radius 3 is 2.57 bits per heavy atom. The Balaban J connectivity index is 1.82. The number of allylic oxidation sites excluding steroid dienone is 2. The highest BCUT2D eigenvalue weighted by atomic mass is 32.2. The summed E-state index contributed by atoms with van der Waals surface area (Å²) in [6.07, 6.45) is 3.15. The molecule has 1 spiro atoms. The SMILES string of the molecule is Cc1cc(C(=O)OC2=CC(=O)CCC2)c(C)c2c1S(=O)(=O)CCC21OCCO1. The van der Waals surface area contributed by atoms with Crippen LogP contribution in [-0.2, 0) is 34.6 Å². The number of carbonyl (C=O) groups is 2. The van der Waals surface area contributed by atoms with Gasteiger partial charge >= 0.3 is 5.97 Å². The summed E-state index contributed by atoms with van der Waals surface area (Å²) >= 11 is 0. The molecule has 150 valence electrons. The quantitative estimate of drug-likeness (QED) is 0.696. The fraction of sp³-hybridized carbons (Fsp3) is 0.500. The number of hydrogen-bond donors (Lipinski definition) is 0. The first-order valence-electron chi connectivity index (χ1n) is 9.34. The molecular weight excluding hydrogens is 384 g/mol. The molecule has 0 unspecified atom stereocenters. The lowest BCUT2D eigenvalue weighted by Gasteiger charge is -2.36. The minimum atomic E-state index is -3.50. The maximum absolute atomic E-state index is 12.8. The molecule has 8 heteroatoms. The van der Waals surface area contributed by atoms with Crippen LogP contribution in [0.2, 0.25) is 0 Å². The van der Waals surface area contributed by atoms with E-state index < -0.39 is 21.6 Å². The molecule has 0 saturated carbocycles. The summed E-state index contributed by atoms with van der Waals surface area (Å²) in [5, 5.41) is 0. The van der Waals surface area contributed by atoms with E-state index in [9.17, 15) is 18.0 Å². The van der Waals surface area contributed by atoms with Crippen LogP contribution in [0.1, 0.15) is 52.7 Å². The van der Waals surface area contributed by atoms with Gasteiger partial charge in [0.25, 0.3) is 0 Å². The van der Waals surface area contributed by atoms with Gasteiger partial charge in [0, 0.05) is 30.9 Å². The molecule has 1 aromatic carbocycles. The van der Waals surface area contributed by atoms with E-state index in [0.717, 1.165) is 0 Å². The Hall–Kier alpha value is -2.03. The van der Waals surface area contributed by atoms with Crippen LogP contribution in [0.4, 0.5) is 0 Å². The molecule has 1 fully saturated rings. The first kappa shape index (κ1) is 19.3. The van der Waals surface area contributed by atoms with Crippen molar-refractivity contribution in [2.75, 3.05) is 19.0 Å². The molecule has 0 atom stereocenters. The number of aryl methyl sites for hydroxylation is 1. The lowest BCUT2D eigenvalue weighted by Crippen LogP contribution is -2.38. The lowest BCUT2D eigenvalue weighted by molar-refractivity contribution is -0.170. The first-order chi connectivity index (χ1) is 13.2. The molecule has 0 radical (unpaired) electrons. The van der Waals surface area contributed by atoms with E-state index in [1.165, 1.54) is 12.1 Å². The third-order valence-electron chi connectivity index (χ3n) is 5.48. The van der Waals surface area contributed by atoms with E-state index in [1.54, 1.807) is 13.8 Å². The summed E-state index contributed by atoms with van der Waals surface area (Å²) in [6.45, 7) is 4.07. The number of fused-ring (bicyclic) bond motifs is 2. The standard InChI is InChI=1S/C20H22O7S/c1-12-10-16(19(22)27-15-5-3-4-14(21)11-15)13(2)17-18(12)28(23,24)9-6-20(17)25-7-8-26-20/h10-11H,3-9H2,1-2H3. The van der Waals surface area contributed by atoms with E-state index in [2.05, 4.69) is 0 Å². The smallest absolute Gasteiger partial charge is 0.343 e. The van der Waals surface area contributed by atoms with Gasteiger partial charge in [0.05, 0.1) is 29.4 Å². The Bertz CT molecular complexity index is 998. The normalized spacial score (nSPS) is 22.6. The number of carbonyl (C=O) groups excluding carboxylic acids is 2. The first-order valence-corrected chi connectivity index (χ1v) is 11.0. The van der Waals surface area contributed by atoms with Crippen LogP contribution in [0, 0.1) is 13.8 Å². The number of sulfone groups is 1. The zero-order valence-electron chi connectivity index (χ0n) is 15.9. The molecule has 7 nitrogen and oxygen atoms in total. The van der Waals surface area contributed by atoms with E-state index in [4.69, 9.17) is 14.2 Å². The minimum Gasteiger partial charge on any atom is -0.427 e. The zero-order chi connectivity index (χ0) is 20.1. The van der Waals surface area contributed by atoms with E-state index >= 15 is 0 Å². The van der Waals surface area contributed by atoms with Gasteiger partial charge in [0.2, 0.25) is 0 Å². The maximum atomic E-state index is 12.8. The van der Waals surface area contributed by atoms with Crippen LogP contribution in [0.25, 0.3) is 0 Å². The molecule has 1 saturated heterocycles. The molecule has 28 heavy (non-hydrogen) atoms. The molecule has 1 aliphatic carbocycles. The van der Waals surface area contributed by atoms with Gasteiger partial charge in [0.15, 0.2) is 21.4 Å². The molecular formula is C20H22O7S. The van der Waals surface area contributed by atoms with Crippen LogP contribution in [0.15, 0.2) is 22.8 Å². The van der Waals surface area contributed by atoms with Crippen molar-refractivity contribution in [1.29, 1.82) is 0 Å². The van der Waals surface area contributed by atoms with Gasteiger partial charge in [-0.25, -0.2) is 13.2 Å². The van der Waals surface area contributed by atoms with Crippen molar-refractivity contribution in [2.24, 2.45) is 0 Å². The summed E-state index contributed by atoms with van der Waals surface area (Å²) in [4.78, 5) is 24.6. The number of ketones is 1. The van der Waals surface area contributed by atoms with E-state index in [1.807, 2.05) is 0 Å². The van der Waals surface area contributed by atoms with E-state index in [-0.39, 0.29) is 28.4 Å². The van der Waals surface area contributed by atoms with Crippen LogP contribution in [0.5, 0.6) is 0 Å². The topological polar surface area (TPSA) is 96.0 Å². The average Bonchev–Trinajstić information content (AvgIpc) is 3.10. The zero-order valence-corrected chi connectivity index (χ0v) is 16.7. The molecule has 0 aromatic heterocycles. The van der Waals surface area contributed by atoms with Crippen molar-refractivity contribution in [3.05, 3.63) is 40.2 Å². The fourth-order valence-corrected chi connectivity index (χ4v) is 6.13. The Kier molecular flexibility index (Phi) is 4.68. The van der Waals surface area contributed by atoms with Crippen LogP contribution < -0.4 is 0 Å². The number of rotatable bonds is 2. The highest BCUT2D eigenvalue weighted by Crippen LogP contribution is 2.46. The molecule has 2 heterocycles.